The number of anilines is 1. The Morgan fingerprint density at radius 3 is 2.37 bits per heavy atom. The van der Waals surface area contributed by atoms with E-state index >= 15 is 0 Å². The van der Waals surface area contributed by atoms with Gasteiger partial charge < -0.3 is 20.5 Å². The quantitative estimate of drug-likeness (QED) is 0.663. The van der Waals surface area contributed by atoms with E-state index < -0.39 is 18.4 Å². The number of hydrogen-bond acceptors (Lipinski definition) is 4. The molecule has 7 nitrogen and oxygen atoms in total. The molecule has 0 aromatic heterocycles. The summed E-state index contributed by atoms with van der Waals surface area (Å²) in [6.07, 6.45) is 0.279. The Balaban J connectivity index is 1.93. The van der Waals surface area contributed by atoms with Gasteiger partial charge in [0.1, 0.15) is 12.3 Å². The molecule has 2 aromatic carbocycles. The molecule has 2 amide bonds. The van der Waals surface area contributed by atoms with Gasteiger partial charge >= 0.3 is 5.97 Å². The highest BCUT2D eigenvalue weighted by molar-refractivity contribution is 5.97. The number of amides is 2. The highest BCUT2D eigenvalue weighted by atomic mass is 16.5. The SMILES string of the molecule is COc1ccccc1C(C)CC(=O)Nc1ccc(C(=O)NCC(=O)O)cc1. The van der Waals surface area contributed by atoms with Crippen LogP contribution in [-0.4, -0.2) is 36.5 Å². The first kappa shape index (κ1) is 20.0. The van der Waals surface area contributed by atoms with Crippen LogP contribution in [0.3, 0.4) is 0 Å². The predicted molar refractivity (Wildman–Crippen MR) is 101 cm³/mol. The monoisotopic (exact) mass is 370 g/mol. The molecule has 0 aliphatic heterocycles. The minimum absolute atomic E-state index is 0.0257. The number of carbonyl (C=O) groups excluding carboxylic acids is 2. The molecule has 0 heterocycles. The van der Waals surface area contributed by atoms with Gasteiger partial charge in [-0.05, 0) is 41.8 Å². The number of methoxy groups -OCH3 is 1. The summed E-state index contributed by atoms with van der Waals surface area (Å²) in [5.74, 6) is -1.04. The molecular weight excluding hydrogens is 348 g/mol. The van der Waals surface area contributed by atoms with Crippen molar-refractivity contribution in [3.05, 3.63) is 59.7 Å². The number of ether oxygens (including phenoxy) is 1. The number of rotatable bonds is 8. The fraction of sp³-hybridized carbons (Fsp3) is 0.250. The van der Waals surface area contributed by atoms with Gasteiger partial charge in [-0.15, -0.1) is 0 Å². The Morgan fingerprint density at radius 2 is 1.74 bits per heavy atom. The largest absolute Gasteiger partial charge is 0.496 e. The van der Waals surface area contributed by atoms with E-state index in [0.717, 1.165) is 11.3 Å². The van der Waals surface area contributed by atoms with Crippen LogP contribution in [0, 0.1) is 0 Å². The lowest BCUT2D eigenvalue weighted by atomic mass is 9.96. The van der Waals surface area contributed by atoms with Crippen LogP contribution in [0.2, 0.25) is 0 Å². The number of aliphatic carboxylic acids is 1. The molecule has 0 saturated carbocycles. The Labute approximate surface area is 157 Å². The molecule has 1 atom stereocenters. The molecule has 0 aliphatic rings. The second-order valence-corrected chi connectivity index (χ2v) is 6.05. The van der Waals surface area contributed by atoms with Gasteiger partial charge in [-0.3, -0.25) is 14.4 Å². The van der Waals surface area contributed by atoms with E-state index in [2.05, 4.69) is 10.6 Å². The molecule has 0 spiro atoms. The zero-order valence-electron chi connectivity index (χ0n) is 15.2. The fourth-order valence-corrected chi connectivity index (χ4v) is 2.64. The van der Waals surface area contributed by atoms with Crippen LogP contribution < -0.4 is 15.4 Å². The third-order valence-corrected chi connectivity index (χ3v) is 3.99. The summed E-state index contributed by atoms with van der Waals surface area (Å²) >= 11 is 0. The zero-order chi connectivity index (χ0) is 19.8. The summed E-state index contributed by atoms with van der Waals surface area (Å²) in [4.78, 5) is 34.5. The lowest BCUT2D eigenvalue weighted by Crippen LogP contribution is -2.29. The smallest absolute Gasteiger partial charge is 0.322 e. The highest BCUT2D eigenvalue weighted by Gasteiger charge is 2.15. The van der Waals surface area contributed by atoms with Crippen LogP contribution in [0.5, 0.6) is 5.75 Å². The predicted octanol–water partition coefficient (Wildman–Crippen LogP) is 2.64. The third kappa shape index (κ3) is 5.85. The molecule has 3 N–H and O–H groups in total. The first-order valence-electron chi connectivity index (χ1n) is 8.43. The fourth-order valence-electron chi connectivity index (χ4n) is 2.64. The molecule has 0 aliphatic carbocycles. The summed E-state index contributed by atoms with van der Waals surface area (Å²) < 4.78 is 5.33. The van der Waals surface area contributed by atoms with Crippen molar-refractivity contribution in [3.63, 3.8) is 0 Å². The first-order chi connectivity index (χ1) is 12.9. The van der Waals surface area contributed by atoms with Gasteiger partial charge in [-0.1, -0.05) is 25.1 Å². The molecular formula is C20H22N2O5. The van der Waals surface area contributed by atoms with Crippen LogP contribution in [-0.2, 0) is 9.59 Å². The van der Waals surface area contributed by atoms with E-state index in [-0.39, 0.29) is 18.2 Å². The van der Waals surface area contributed by atoms with Crippen LogP contribution >= 0.6 is 0 Å². The van der Waals surface area contributed by atoms with Crippen molar-refractivity contribution in [1.29, 1.82) is 0 Å². The van der Waals surface area contributed by atoms with Crippen LogP contribution in [0.25, 0.3) is 0 Å². The minimum atomic E-state index is -1.11. The van der Waals surface area contributed by atoms with Crippen molar-refractivity contribution in [2.24, 2.45) is 0 Å². The number of carbonyl (C=O) groups is 3. The molecule has 0 radical (unpaired) electrons. The summed E-state index contributed by atoms with van der Waals surface area (Å²) in [7, 11) is 1.60. The van der Waals surface area contributed by atoms with E-state index in [1.807, 2.05) is 31.2 Å². The van der Waals surface area contributed by atoms with E-state index in [1.165, 1.54) is 12.1 Å². The van der Waals surface area contributed by atoms with Gasteiger partial charge in [0.2, 0.25) is 5.91 Å². The maximum atomic E-state index is 12.3. The third-order valence-electron chi connectivity index (χ3n) is 3.99. The van der Waals surface area contributed by atoms with Crippen molar-refractivity contribution in [2.75, 3.05) is 19.0 Å². The normalized spacial score (nSPS) is 11.3. The lowest BCUT2D eigenvalue weighted by molar-refractivity contribution is -0.135. The molecule has 0 saturated heterocycles. The van der Waals surface area contributed by atoms with Crippen LogP contribution in [0.15, 0.2) is 48.5 Å². The zero-order valence-corrected chi connectivity index (χ0v) is 15.2. The second-order valence-electron chi connectivity index (χ2n) is 6.05. The van der Waals surface area contributed by atoms with Gasteiger partial charge in [-0.2, -0.15) is 0 Å². The molecule has 27 heavy (non-hydrogen) atoms. The Bertz CT molecular complexity index is 817. The maximum absolute atomic E-state index is 12.3. The van der Waals surface area contributed by atoms with Gasteiger partial charge in [0.15, 0.2) is 0 Å². The highest BCUT2D eigenvalue weighted by Crippen LogP contribution is 2.28. The molecule has 2 aromatic rings. The van der Waals surface area contributed by atoms with Gasteiger partial charge in [-0.25, -0.2) is 0 Å². The first-order valence-corrected chi connectivity index (χ1v) is 8.43. The van der Waals surface area contributed by atoms with Gasteiger partial charge in [0.05, 0.1) is 7.11 Å². The molecule has 0 fully saturated rings. The topological polar surface area (TPSA) is 105 Å². The molecule has 7 heteroatoms. The van der Waals surface area contributed by atoms with Gasteiger partial charge in [0, 0.05) is 17.7 Å². The summed E-state index contributed by atoms with van der Waals surface area (Å²) in [6.45, 7) is 1.51. The second kappa shape index (κ2) is 9.38. The molecule has 0 bridgehead atoms. The number of carboxylic acids is 1. The van der Waals surface area contributed by atoms with Crippen molar-refractivity contribution in [2.45, 2.75) is 19.3 Å². The molecule has 142 valence electrons. The number of nitrogens with one attached hydrogen (secondary N) is 2. The summed E-state index contributed by atoms with van der Waals surface area (Å²) in [5, 5.41) is 13.6. The standard InChI is InChI=1S/C20H22N2O5/c1-13(16-5-3-4-6-17(16)27-2)11-18(23)22-15-9-7-14(8-10-15)20(26)21-12-19(24)25/h3-10,13H,11-12H2,1-2H3,(H,21,26)(H,22,23)(H,24,25). The van der Waals surface area contributed by atoms with E-state index in [4.69, 9.17) is 9.84 Å². The lowest BCUT2D eigenvalue weighted by Gasteiger charge is -2.15. The van der Waals surface area contributed by atoms with Crippen LogP contribution in [0.4, 0.5) is 5.69 Å². The minimum Gasteiger partial charge on any atom is -0.496 e. The Morgan fingerprint density at radius 1 is 1.07 bits per heavy atom. The summed E-state index contributed by atoms with van der Waals surface area (Å²) in [5.41, 5.74) is 1.83. The maximum Gasteiger partial charge on any atom is 0.322 e. The number of benzene rings is 2. The van der Waals surface area contributed by atoms with E-state index in [0.29, 0.717) is 11.3 Å². The van der Waals surface area contributed by atoms with Crippen LogP contribution in [0.1, 0.15) is 35.2 Å². The molecule has 1 unspecified atom stereocenters. The number of carboxylic acid groups (broad SMARTS) is 1. The molecule has 2 rings (SSSR count). The number of hydrogen-bond donors (Lipinski definition) is 3. The van der Waals surface area contributed by atoms with Gasteiger partial charge in [0.25, 0.3) is 5.91 Å². The Hall–Kier alpha value is -3.35. The van der Waals surface area contributed by atoms with E-state index in [9.17, 15) is 14.4 Å². The number of para-hydroxylation sites is 1. The van der Waals surface area contributed by atoms with Crippen molar-refractivity contribution >= 4 is 23.5 Å². The Kier molecular flexibility index (Phi) is 6.93. The average molecular weight is 370 g/mol. The van der Waals surface area contributed by atoms with E-state index in [1.54, 1.807) is 19.2 Å². The summed E-state index contributed by atoms with van der Waals surface area (Å²) in [6, 6.07) is 13.8. The average Bonchev–Trinajstić information content (AvgIpc) is 2.66. The van der Waals surface area contributed by atoms with Crippen molar-refractivity contribution < 1.29 is 24.2 Å². The van der Waals surface area contributed by atoms with Crippen molar-refractivity contribution in [1.82, 2.24) is 5.32 Å². The van der Waals surface area contributed by atoms with Crippen molar-refractivity contribution in [3.8, 4) is 5.75 Å².